The van der Waals surface area contributed by atoms with Gasteiger partial charge in [0.05, 0.1) is 5.75 Å². The highest BCUT2D eigenvalue weighted by molar-refractivity contribution is 7.89. The predicted molar refractivity (Wildman–Crippen MR) is 153 cm³/mol. The summed E-state index contributed by atoms with van der Waals surface area (Å²) in [4.78, 5) is 21.6. The third-order valence-corrected chi connectivity index (χ3v) is 6.73. The van der Waals surface area contributed by atoms with Gasteiger partial charge in [-0.2, -0.15) is 4.98 Å². The number of carbonyl (C=O) groups is 1. The zero-order valence-electron chi connectivity index (χ0n) is 21.4. The molecule has 5 aromatic rings. The van der Waals surface area contributed by atoms with Crippen LogP contribution >= 0.6 is 0 Å². The van der Waals surface area contributed by atoms with Gasteiger partial charge in [0.15, 0.2) is 9.84 Å². The molecule has 0 saturated carbocycles. The molecule has 2 N–H and O–H groups in total. The molecule has 0 fully saturated rings. The number of sulfone groups is 1. The molecule has 0 radical (unpaired) electrons. The summed E-state index contributed by atoms with van der Waals surface area (Å²) in [5.41, 5.74) is 3.74. The summed E-state index contributed by atoms with van der Waals surface area (Å²) >= 11 is 0. The van der Waals surface area contributed by atoms with Crippen LogP contribution < -0.4 is 15.4 Å². The zero-order valence-corrected chi connectivity index (χ0v) is 22.2. The summed E-state index contributed by atoms with van der Waals surface area (Å²) in [6.07, 6.45) is 2.77. The first-order valence-corrected chi connectivity index (χ1v) is 14.2. The number of hydrogen-bond donors (Lipinski definition) is 2. The van der Waals surface area contributed by atoms with E-state index in [4.69, 9.17) is 4.74 Å². The van der Waals surface area contributed by atoms with Crippen LogP contribution in [0.25, 0.3) is 10.8 Å². The normalized spacial score (nSPS) is 11.2. The van der Waals surface area contributed by atoms with Gasteiger partial charge in [-0.3, -0.25) is 4.79 Å². The second-order valence-electron chi connectivity index (χ2n) is 9.22. The molecule has 5 rings (SSSR count). The number of nitrogens with zero attached hydrogens (tertiary/aromatic N) is 2. The zero-order chi connectivity index (χ0) is 27.4. The van der Waals surface area contributed by atoms with E-state index in [9.17, 15) is 13.2 Å². The van der Waals surface area contributed by atoms with Crippen molar-refractivity contribution in [1.82, 2.24) is 9.97 Å². The Bertz CT molecular complexity index is 1770. The lowest BCUT2D eigenvalue weighted by atomic mass is 10.0. The van der Waals surface area contributed by atoms with E-state index >= 15 is 0 Å². The van der Waals surface area contributed by atoms with E-state index in [2.05, 4.69) is 20.6 Å². The highest BCUT2D eigenvalue weighted by atomic mass is 32.2. The minimum atomic E-state index is -3.15. The molecule has 9 heteroatoms. The fourth-order valence-electron chi connectivity index (χ4n) is 4.11. The van der Waals surface area contributed by atoms with Gasteiger partial charge in [0.25, 0.3) is 5.91 Å². The Balaban J connectivity index is 1.32. The van der Waals surface area contributed by atoms with E-state index in [0.717, 1.165) is 22.0 Å². The van der Waals surface area contributed by atoms with Gasteiger partial charge in [-0.05, 0) is 71.8 Å². The molecular formula is C30H26N4O4S. The molecule has 0 spiro atoms. The first-order chi connectivity index (χ1) is 18.7. The van der Waals surface area contributed by atoms with Crippen LogP contribution in [0, 0.1) is 6.92 Å². The largest absolute Gasteiger partial charge is 0.439 e. The first kappa shape index (κ1) is 25.9. The van der Waals surface area contributed by atoms with E-state index in [1.165, 1.54) is 6.26 Å². The lowest BCUT2D eigenvalue weighted by Gasteiger charge is -2.11. The molecule has 0 bridgehead atoms. The summed E-state index contributed by atoms with van der Waals surface area (Å²) in [6, 6.07) is 27.4. The van der Waals surface area contributed by atoms with Crippen LogP contribution in [0.1, 0.15) is 21.5 Å². The molecule has 0 aliphatic carbocycles. The number of benzene rings is 4. The van der Waals surface area contributed by atoms with E-state index in [1.807, 2.05) is 55.5 Å². The smallest absolute Gasteiger partial charge is 0.256 e. The number of nitrogens with one attached hydrogen (secondary N) is 2. The van der Waals surface area contributed by atoms with Crippen molar-refractivity contribution in [3.8, 4) is 11.6 Å². The molecule has 8 nitrogen and oxygen atoms in total. The summed E-state index contributed by atoms with van der Waals surface area (Å²) in [6.45, 7) is 2.00. The summed E-state index contributed by atoms with van der Waals surface area (Å²) in [5, 5.41) is 7.68. The van der Waals surface area contributed by atoms with Crippen LogP contribution in [0.4, 0.5) is 17.3 Å². The van der Waals surface area contributed by atoms with Gasteiger partial charge in [0, 0.05) is 35.5 Å². The minimum absolute atomic E-state index is 0.0518. The maximum Gasteiger partial charge on any atom is 0.256 e. The Hall–Kier alpha value is -4.76. The van der Waals surface area contributed by atoms with Gasteiger partial charge in [0.1, 0.15) is 5.75 Å². The summed E-state index contributed by atoms with van der Waals surface area (Å²) in [7, 11) is -3.15. The van der Waals surface area contributed by atoms with E-state index in [1.54, 1.807) is 48.7 Å². The molecule has 0 atom stereocenters. The number of carbonyl (C=O) groups excluding carboxylic acids is 1. The highest BCUT2D eigenvalue weighted by Gasteiger charge is 2.12. The van der Waals surface area contributed by atoms with Crippen LogP contribution in [0.5, 0.6) is 11.6 Å². The Morgan fingerprint density at radius 2 is 1.69 bits per heavy atom. The van der Waals surface area contributed by atoms with Crippen LogP contribution in [0.15, 0.2) is 97.2 Å². The minimum Gasteiger partial charge on any atom is -0.439 e. The second-order valence-corrected chi connectivity index (χ2v) is 11.4. The number of hydrogen-bond acceptors (Lipinski definition) is 7. The molecule has 0 saturated heterocycles. The summed E-state index contributed by atoms with van der Waals surface area (Å²) in [5.74, 6) is 0.944. The number of anilines is 3. The van der Waals surface area contributed by atoms with Crippen LogP contribution in [-0.4, -0.2) is 30.5 Å². The fourth-order valence-corrected chi connectivity index (χ4v) is 4.89. The van der Waals surface area contributed by atoms with Crippen molar-refractivity contribution >= 4 is 43.8 Å². The van der Waals surface area contributed by atoms with Crippen molar-refractivity contribution in [2.24, 2.45) is 0 Å². The molecule has 4 aromatic carbocycles. The monoisotopic (exact) mass is 538 g/mol. The number of ether oxygens (including phenoxy) is 1. The predicted octanol–water partition coefficient (Wildman–Crippen LogP) is 6.27. The lowest BCUT2D eigenvalue weighted by Crippen LogP contribution is -2.12. The van der Waals surface area contributed by atoms with Crippen molar-refractivity contribution in [2.45, 2.75) is 12.7 Å². The Morgan fingerprint density at radius 1 is 0.897 bits per heavy atom. The van der Waals surface area contributed by atoms with Crippen molar-refractivity contribution in [3.63, 3.8) is 0 Å². The molecular weight excluding hydrogens is 512 g/mol. The first-order valence-electron chi connectivity index (χ1n) is 12.2. The van der Waals surface area contributed by atoms with Gasteiger partial charge in [-0.15, -0.1) is 0 Å². The standard InChI is InChI=1S/C30H26N4O4S/c1-20-9-11-23(12-10-20)32-29(35)27-8-4-6-22-18-25(13-14-26(22)27)38-28-15-16-31-30(34-28)33-24-7-3-5-21(17-24)19-39(2,36)37/h3-18H,19H2,1-2H3,(H,32,35)(H,31,33,34). The van der Waals surface area contributed by atoms with Gasteiger partial charge in [-0.1, -0.05) is 42.0 Å². The Labute approximate surface area is 226 Å². The lowest BCUT2D eigenvalue weighted by molar-refractivity contribution is 0.102. The third-order valence-electron chi connectivity index (χ3n) is 5.87. The SMILES string of the molecule is Cc1ccc(NC(=O)c2cccc3cc(Oc4ccnc(Nc5cccc(CS(C)(=O)=O)c5)n4)ccc23)cc1. The van der Waals surface area contributed by atoms with Crippen LogP contribution in [0.3, 0.4) is 0 Å². The number of fused-ring (bicyclic) bond motifs is 1. The van der Waals surface area contributed by atoms with Gasteiger partial charge < -0.3 is 15.4 Å². The Morgan fingerprint density at radius 3 is 2.49 bits per heavy atom. The maximum absolute atomic E-state index is 13.0. The van der Waals surface area contributed by atoms with Crippen molar-refractivity contribution in [1.29, 1.82) is 0 Å². The number of amides is 1. The third kappa shape index (κ3) is 6.77. The quantitative estimate of drug-likeness (QED) is 0.240. The van der Waals surface area contributed by atoms with Gasteiger partial charge in [-0.25, -0.2) is 13.4 Å². The van der Waals surface area contributed by atoms with E-state index < -0.39 is 9.84 Å². The molecule has 39 heavy (non-hydrogen) atoms. The van der Waals surface area contributed by atoms with Gasteiger partial charge >= 0.3 is 0 Å². The van der Waals surface area contributed by atoms with E-state index in [-0.39, 0.29) is 11.7 Å². The topological polar surface area (TPSA) is 110 Å². The number of aromatic nitrogens is 2. The average molecular weight is 539 g/mol. The van der Waals surface area contributed by atoms with Crippen molar-refractivity contribution in [2.75, 3.05) is 16.9 Å². The number of rotatable bonds is 8. The summed E-state index contributed by atoms with van der Waals surface area (Å²) < 4.78 is 29.2. The fraction of sp³-hybridized carbons (Fsp3) is 0.100. The van der Waals surface area contributed by atoms with Crippen LogP contribution in [-0.2, 0) is 15.6 Å². The van der Waals surface area contributed by atoms with Crippen molar-refractivity contribution in [3.05, 3.63) is 114 Å². The molecule has 1 heterocycles. The molecule has 196 valence electrons. The molecule has 1 amide bonds. The second kappa shape index (κ2) is 10.9. The van der Waals surface area contributed by atoms with Crippen molar-refractivity contribution < 1.29 is 17.9 Å². The number of aryl methyl sites for hydroxylation is 1. The molecule has 0 aliphatic heterocycles. The maximum atomic E-state index is 13.0. The molecule has 0 unspecified atom stereocenters. The van der Waals surface area contributed by atoms with E-state index in [0.29, 0.717) is 34.4 Å². The molecule has 0 aliphatic rings. The van der Waals surface area contributed by atoms with Gasteiger partial charge in [0.2, 0.25) is 11.8 Å². The Kier molecular flexibility index (Phi) is 7.25. The molecule has 1 aromatic heterocycles. The highest BCUT2D eigenvalue weighted by Crippen LogP contribution is 2.28. The van der Waals surface area contributed by atoms with Crippen LogP contribution in [0.2, 0.25) is 0 Å². The average Bonchev–Trinajstić information content (AvgIpc) is 2.89.